The van der Waals surface area contributed by atoms with E-state index in [2.05, 4.69) is 26.0 Å². The van der Waals surface area contributed by atoms with Gasteiger partial charge in [-0.2, -0.15) is 0 Å². The molecule has 1 spiro atoms. The molecule has 220 valence electrons. The lowest BCUT2D eigenvalue weighted by atomic mass is 9.78. The molecule has 0 radical (unpaired) electrons. The van der Waals surface area contributed by atoms with Crippen LogP contribution in [0.5, 0.6) is 0 Å². The van der Waals surface area contributed by atoms with E-state index in [9.17, 15) is 19.5 Å². The molecule has 4 heterocycles. The standard InChI is InChI=1S/C34H39N3O4S/c1-23(2)19-26(22-38)37-30-33(41)36(21-25-13-7-4-8-14-25)18-10-16-34(30)29(32(37)40)28-27(42-34)15-9-17-35(31(28)39)20-24-11-5-3-6-12-24/h3-16,23,26-30,38H,17-22H2,1-2H3/t26-,27+,28-,29+,30?,34+/m1/s1. The highest BCUT2D eigenvalue weighted by Gasteiger charge is 2.71. The summed E-state index contributed by atoms with van der Waals surface area (Å²) in [6.45, 7) is 5.68. The van der Waals surface area contributed by atoms with Crippen molar-refractivity contribution in [1.29, 1.82) is 0 Å². The summed E-state index contributed by atoms with van der Waals surface area (Å²) >= 11 is 1.59. The van der Waals surface area contributed by atoms with Crippen molar-refractivity contribution >= 4 is 29.5 Å². The van der Waals surface area contributed by atoms with E-state index in [1.807, 2.05) is 82.6 Å². The number of carbonyl (C=O) groups is 3. The van der Waals surface area contributed by atoms with Crippen molar-refractivity contribution in [3.63, 3.8) is 0 Å². The smallest absolute Gasteiger partial charge is 0.247 e. The number of aliphatic hydroxyl groups excluding tert-OH is 1. The van der Waals surface area contributed by atoms with Crippen molar-refractivity contribution in [2.24, 2.45) is 17.8 Å². The lowest BCUT2D eigenvalue weighted by molar-refractivity contribution is -0.147. The fourth-order valence-electron chi connectivity index (χ4n) is 7.28. The lowest BCUT2D eigenvalue weighted by Crippen LogP contribution is -2.56. The first-order valence-electron chi connectivity index (χ1n) is 14.9. The van der Waals surface area contributed by atoms with Gasteiger partial charge in [0.05, 0.1) is 29.2 Å². The molecule has 0 aromatic heterocycles. The Morgan fingerprint density at radius 1 is 0.857 bits per heavy atom. The summed E-state index contributed by atoms with van der Waals surface area (Å²) in [6.07, 6.45) is 8.74. The fraction of sp³-hybridized carbons (Fsp3) is 0.441. The molecule has 8 heteroatoms. The summed E-state index contributed by atoms with van der Waals surface area (Å²) in [5, 5.41) is 10.4. The zero-order valence-corrected chi connectivity index (χ0v) is 25.0. The van der Waals surface area contributed by atoms with Gasteiger partial charge in [-0.15, -0.1) is 11.8 Å². The summed E-state index contributed by atoms with van der Waals surface area (Å²) < 4.78 is -0.894. The van der Waals surface area contributed by atoms with Gasteiger partial charge >= 0.3 is 0 Å². The molecule has 2 aromatic carbocycles. The molecule has 0 aliphatic carbocycles. The van der Waals surface area contributed by atoms with Crippen LogP contribution in [0.3, 0.4) is 0 Å². The maximum absolute atomic E-state index is 14.6. The molecule has 2 fully saturated rings. The monoisotopic (exact) mass is 585 g/mol. The number of benzene rings is 2. The van der Waals surface area contributed by atoms with Gasteiger partial charge in [-0.25, -0.2) is 0 Å². The Morgan fingerprint density at radius 3 is 2.05 bits per heavy atom. The number of fused-ring (bicyclic) bond motifs is 2. The lowest BCUT2D eigenvalue weighted by Gasteiger charge is -2.39. The SMILES string of the molecule is CC(C)C[C@H](CO)N1C(=O)[C@@H]2[C@@H]3C(=O)N(Cc4ccccc4)CC=C[C@@H]3S[C@@]23C=CCN(Cc2ccccc2)C(=O)C13. The first kappa shape index (κ1) is 28.7. The van der Waals surface area contributed by atoms with Crippen molar-refractivity contribution in [2.45, 2.75) is 55.4 Å². The van der Waals surface area contributed by atoms with Gasteiger partial charge in [0, 0.05) is 31.4 Å². The number of aliphatic hydroxyl groups is 1. The first-order valence-corrected chi connectivity index (χ1v) is 15.8. The number of carbonyl (C=O) groups excluding carboxylic acids is 3. The molecule has 42 heavy (non-hydrogen) atoms. The molecular formula is C34H39N3O4S. The summed E-state index contributed by atoms with van der Waals surface area (Å²) in [6, 6.07) is 18.5. The molecule has 0 bridgehead atoms. The zero-order valence-electron chi connectivity index (χ0n) is 24.2. The van der Waals surface area contributed by atoms with Gasteiger partial charge in [-0.1, -0.05) is 98.8 Å². The van der Waals surface area contributed by atoms with Crippen LogP contribution in [0.15, 0.2) is 85.0 Å². The van der Waals surface area contributed by atoms with Gasteiger partial charge in [-0.3, -0.25) is 14.4 Å². The van der Waals surface area contributed by atoms with Crippen molar-refractivity contribution < 1.29 is 19.5 Å². The quantitative estimate of drug-likeness (QED) is 0.476. The van der Waals surface area contributed by atoms with Crippen LogP contribution >= 0.6 is 11.8 Å². The average Bonchev–Trinajstić information content (AvgIpc) is 3.32. The molecule has 4 aliphatic rings. The van der Waals surface area contributed by atoms with Crippen LogP contribution in [-0.2, 0) is 27.5 Å². The molecular weight excluding hydrogens is 546 g/mol. The Morgan fingerprint density at radius 2 is 1.45 bits per heavy atom. The highest BCUT2D eigenvalue weighted by atomic mass is 32.2. The van der Waals surface area contributed by atoms with E-state index in [0.717, 1.165) is 11.1 Å². The molecule has 7 nitrogen and oxygen atoms in total. The summed E-state index contributed by atoms with van der Waals surface area (Å²) in [7, 11) is 0. The third-order valence-corrected chi connectivity index (χ3v) is 10.8. The van der Waals surface area contributed by atoms with E-state index in [4.69, 9.17) is 0 Å². The summed E-state index contributed by atoms with van der Waals surface area (Å²) in [4.78, 5) is 48.8. The molecule has 1 unspecified atom stereocenters. The topological polar surface area (TPSA) is 81.2 Å². The number of hydrogen-bond donors (Lipinski definition) is 1. The van der Waals surface area contributed by atoms with Crippen LogP contribution in [0.4, 0.5) is 0 Å². The van der Waals surface area contributed by atoms with Crippen molar-refractivity contribution in [1.82, 2.24) is 14.7 Å². The second-order valence-corrected chi connectivity index (χ2v) is 13.8. The van der Waals surface area contributed by atoms with Crippen molar-refractivity contribution in [2.75, 3.05) is 19.7 Å². The third kappa shape index (κ3) is 4.98. The Kier molecular flexibility index (Phi) is 8.03. The van der Waals surface area contributed by atoms with Crippen molar-refractivity contribution in [3.8, 4) is 0 Å². The van der Waals surface area contributed by atoms with Gasteiger partial charge in [0.25, 0.3) is 0 Å². The van der Waals surface area contributed by atoms with Gasteiger partial charge in [0.2, 0.25) is 17.7 Å². The Hall–Kier alpha value is -3.36. The molecule has 2 saturated heterocycles. The van der Waals surface area contributed by atoms with E-state index in [1.54, 1.807) is 16.7 Å². The molecule has 2 aromatic rings. The molecule has 3 amide bonds. The van der Waals surface area contributed by atoms with Gasteiger partial charge in [-0.05, 0) is 23.5 Å². The predicted molar refractivity (Wildman–Crippen MR) is 164 cm³/mol. The van der Waals surface area contributed by atoms with Gasteiger partial charge in [0.1, 0.15) is 6.04 Å². The molecule has 1 N–H and O–H groups in total. The third-order valence-electron chi connectivity index (χ3n) is 9.04. The average molecular weight is 586 g/mol. The summed E-state index contributed by atoms with van der Waals surface area (Å²) in [5.41, 5.74) is 2.05. The zero-order chi connectivity index (χ0) is 29.4. The Balaban J connectivity index is 1.40. The Labute approximate surface area is 252 Å². The summed E-state index contributed by atoms with van der Waals surface area (Å²) in [5.74, 6) is -1.43. The number of hydrogen-bond acceptors (Lipinski definition) is 5. The van der Waals surface area contributed by atoms with Crippen LogP contribution in [0.25, 0.3) is 0 Å². The van der Waals surface area contributed by atoms with Crippen LogP contribution in [0.2, 0.25) is 0 Å². The van der Waals surface area contributed by atoms with Crippen LogP contribution in [-0.4, -0.2) is 79.3 Å². The number of rotatable bonds is 8. The normalized spacial score (nSPS) is 29.4. The number of likely N-dealkylation sites (tertiary alicyclic amines) is 1. The highest BCUT2D eigenvalue weighted by molar-refractivity contribution is 8.02. The highest BCUT2D eigenvalue weighted by Crippen LogP contribution is 2.61. The molecule has 6 atom stereocenters. The van der Waals surface area contributed by atoms with Crippen LogP contribution < -0.4 is 0 Å². The first-order chi connectivity index (χ1) is 20.3. The minimum Gasteiger partial charge on any atom is -0.394 e. The second-order valence-electron chi connectivity index (χ2n) is 12.3. The van der Waals surface area contributed by atoms with Gasteiger partial charge < -0.3 is 19.8 Å². The van der Waals surface area contributed by atoms with Crippen LogP contribution in [0.1, 0.15) is 31.4 Å². The minimum atomic E-state index is -0.894. The van der Waals surface area contributed by atoms with E-state index in [0.29, 0.717) is 32.6 Å². The molecule has 0 saturated carbocycles. The van der Waals surface area contributed by atoms with Crippen LogP contribution in [0, 0.1) is 17.8 Å². The maximum Gasteiger partial charge on any atom is 0.247 e. The number of amides is 3. The van der Waals surface area contributed by atoms with E-state index in [1.165, 1.54) is 0 Å². The largest absolute Gasteiger partial charge is 0.394 e. The predicted octanol–water partition coefficient (Wildman–Crippen LogP) is 3.89. The maximum atomic E-state index is 14.6. The van der Waals surface area contributed by atoms with Gasteiger partial charge in [0.15, 0.2) is 0 Å². The number of thioether (sulfide) groups is 1. The fourth-order valence-corrected chi connectivity index (χ4v) is 9.27. The Bertz CT molecular complexity index is 1380. The van der Waals surface area contributed by atoms with E-state index < -0.39 is 28.7 Å². The van der Waals surface area contributed by atoms with E-state index in [-0.39, 0.29) is 35.5 Å². The molecule has 6 rings (SSSR count). The minimum absolute atomic E-state index is 0.0483. The number of nitrogens with zero attached hydrogens (tertiary/aromatic N) is 3. The molecule has 4 aliphatic heterocycles. The van der Waals surface area contributed by atoms with E-state index >= 15 is 0 Å². The van der Waals surface area contributed by atoms with Crippen molar-refractivity contribution in [3.05, 3.63) is 96.1 Å². The second kappa shape index (κ2) is 11.7.